The SMILES string of the molecule is OC1(C(F)(F)F)CCC2(Cc3ccccn3)c3cn4nnc(-c5ccc(F)cc5)c4cc3CCCC2C1. The van der Waals surface area contributed by atoms with Crippen molar-refractivity contribution in [1.29, 1.82) is 0 Å². The van der Waals surface area contributed by atoms with Crippen LogP contribution < -0.4 is 0 Å². The van der Waals surface area contributed by atoms with Crippen LogP contribution in [0.25, 0.3) is 16.8 Å². The van der Waals surface area contributed by atoms with E-state index in [4.69, 9.17) is 0 Å². The van der Waals surface area contributed by atoms with Crippen molar-refractivity contribution in [3.63, 3.8) is 0 Å². The maximum Gasteiger partial charge on any atom is 0.417 e. The van der Waals surface area contributed by atoms with Crippen LogP contribution in [0.1, 0.15) is 48.9 Å². The summed E-state index contributed by atoms with van der Waals surface area (Å²) in [6, 6.07) is 13.7. The molecular weight excluding hydrogens is 484 g/mol. The van der Waals surface area contributed by atoms with Gasteiger partial charge in [0.15, 0.2) is 5.60 Å². The number of aromatic nitrogens is 4. The monoisotopic (exact) mass is 510 g/mol. The third-order valence-corrected chi connectivity index (χ3v) is 8.39. The molecule has 0 spiro atoms. The summed E-state index contributed by atoms with van der Waals surface area (Å²) in [5.41, 5.74) is 1.61. The van der Waals surface area contributed by atoms with E-state index in [-0.39, 0.29) is 31.0 Å². The predicted molar refractivity (Wildman–Crippen MR) is 129 cm³/mol. The maximum absolute atomic E-state index is 13.9. The van der Waals surface area contributed by atoms with Gasteiger partial charge in [0, 0.05) is 29.1 Å². The zero-order valence-electron chi connectivity index (χ0n) is 20.0. The van der Waals surface area contributed by atoms with E-state index in [0.717, 1.165) is 27.9 Å². The van der Waals surface area contributed by atoms with Gasteiger partial charge in [0.05, 0.1) is 5.52 Å². The Balaban J connectivity index is 1.50. The fourth-order valence-electron chi connectivity index (χ4n) is 6.47. The van der Waals surface area contributed by atoms with Crippen molar-refractivity contribution in [2.75, 3.05) is 0 Å². The van der Waals surface area contributed by atoms with E-state index in [1.165, 1.54) is 12.1 Å². The lowest BCUT2D eigenvalue weighted by Crippen LogP contribution is -2.55. The number of hydrogen-bond acceptors (Lipinski definition) is 4. The van der Waals surface area contributed by atoms with E-state index in [9.17, 15) is 22.7 Å². The van der Waals surface area contributed by atoms with E-state index in [2.05, 4.69) is 15.3 Å². The first kappa shape index (κ1) is 24.0. The Morgan fingerprint density at radius 1 is 1.08 bits per heavy atom. The van der Waals surface area contributed by atoms with Crippen LogP contribution in [0.5, 0.6) is 0 Å². The second-order valence-corrected chi connectivity index (χ2v) is 10.5. The molecule has 3 unspecified atom stereocenters. The fraction of sp³-hybridized carbons (Fsp3) is 0.393. The summed E-state index contributed by atoms with van der Waals surface area (Å²) in [4.78, 5) is 4.51. The fourth-order valence-corrected chi connectivity index (χ4v) is 6.47. The molecule has 2 aliphatic rings. The van der Waals surface area contributed by atoms with Gasteiger partial charge in [-0.1, -0.05) is 11.3 Å². The number of halogens is 4. The molecule has 0 aliphatic heterocycles. The predicted octanol–water partition coefficient (Wildman–Crippen LogP) is 5.84. The van der Waals surface area contributed by atoms with Crippen molar-refractivity contribution >= 4 is 5.52 Å². The number of alkyl halides is 3. The molecule has 9 heteroatoms. The second kappa shape index (κ2) is 8.62. The average Bonchev–Trinajstić information content (AvgIpc) is 3.22. The van der Waals surface area contributed by atoms with E-state index >= 15 is 0 Å². The zero-order chi connectivity index (χ0) is 25.8. The highest BCUT2D eigenvalue weighted by Crippen LogP contribution is 2.56. The maximum atomic E-state index is 13.9. The molecule has 4 aromatic rings. The zero-order valence-corrected chi connectivity index (χ0v) is 20.0. The van der Waals surface area contributed by atoms with Crippen molar-refractivity contribution in [3.8, 4) is 11.3 Å². The number of benzene rings is 1. The summed E-state index contributed by atoms with van der Waals surface area (Å²) >= 11 is 0. The number of pyridine rings is 2. The highest BCUT2D eigenvalue weighted by Gasteiger charge is 2.61. The van der Waals surface area contributed by atoms with Crippen LogP contribution in [0.3, 0.4) is 0 Å². The van der Waals surface area contributed by atoms with E-state index < -0.39 is 17.2 Å². The topological polar surface area (TPSA) is 63.3 Å². The first-order valence-corrected chi connectivity index (χ1v) is 12.5. The average molecular weight is 511 g/mol. The molecule has 0 bridgehead atoms. The minimum atomic E-state index is -4.68. The molecule has 1 saturated carbocycles. The first-order valence-electron chi connectivity index (χ1n) is 12.5. The number of nitrogens with zero attached hydrogens (tertiary/aromatic N) is 4. The highest BCUT2D eigenvalue weighted by atomic mass is 19.4. The van der Waals surface area contributed by atoms with E-state index in [0.29, 0.717) is 31.4 Å². The number of rotatable bonds is 3. The van der Waals surface area contributed by atoms with Crippen LogP contribution in [-0.2, 0) is 18.3 Å². The van der Waals surface area contributed by atoms with Gasteiger partial charge in [-0.15, -0.1) is 5.10 Å². The van der Waals surface area contributed by atoms with Crippen LogP contribution in [-0.4, -0.2) is 36.7 Å². The van der Waals surface area contributed by atoms with Gasteiger partial charge >= 0.3 is 6.18 Å². The van der Waals surface area contributed by atoms with Gasteiger partial charge in [-0.2, -0.15) is 13.2 Å². The standard InChI is InChI=1S/C28H26F4N4O/c29-21-9-7-18(8-10-21)25-24-14-19-4-3-5-20-15-27(37,28(30,31)32)12-11-26(20,16-22-6-1-2-13-33-22)23(19)17-36(24)35-34-25/h1-2,6-10,13-14,17,20,37H,3-5,11-12,15-16H2. The van der Waals surface area contributed by atoms with E-state index in [1.807, 2.05) is 30.5 Å². The Morgan fingerprint density at radius 3 is 2.62 bits per heavy atom. The Hall–Kier alpha value is -3.33. The van der Waals surface area contributed by atoms with Gasteiger partial charge in [0.1, 0.15) is 11.5 Å². The molecule has 1 N–H and O–H groups in total. The van der Waals surface area contributed by atoms with Gasteiger partial charge in [-0.25, -0.2) is 8.91 Å². The number of aryl methyl sites for hydroxylation is 1. The van der Waals surface area contributed by atoms with Crippen molar-refractivity contribution in [3.05, 3.63) is 83.6 Å². The molecule has 1 fully saturated rings. The van der Waals surface area contributed by atoms with Crippen LogP contribution in [0, 0.1) is 11.7 Å². The molecule has 1 aromatic carbocycles. The van der Waals surface area contributed by atoms with Gasteiger partial charge in [0.25, 0.3) is 0 Å². The smallest absolute Gasteiger partial charge is 0.380 e. The summed E-state index contributed by atoms with van der Waals surface area (Å²) in [7, 11) is 0. The third-order valence-electron chi connectivity index (χ3n) is 8.39. The lowest BCUT2D eigenvalue weighted by molar-refractivity contribution is -0.279. The van der Waals surface area contributed by atoms with Crippen LogP contribution in [0.4, 0.5) is 17.6 Å². The summed E-state index contributed by atoms with van der Waals surface area (Å²) in [5.74, 6) is -0.721. The first-order chi connectivity index (χ1) is 17.7. The number of hydrogen-bond donors (Lipinski definition) is 1. The van der Waals surface area contributed by atoms with Gasteiger partial charge in [-0.05, 0) is 104 Å². The minimum Gasteiger partial charge on any atom is -0.380 e. The number of aliphatic hydroxyl groups is 1. The third kappa shape index (κ3) is 4.00. The molecule has 37 heavy (non-hydrogen) atoms. The molecule has 3 aromatic heterocycles. The van der Waals surface area contributed by atoms with E-state index in [1.54, 1.807) is 22.8 Å². The summed E-state index contributed by atoms with van der Waals surface area (Å²) < 4.78 is 56.9. The Labute approximate surface area is 211 Å². The molecule has 2 aliphatic carbocycles. The van der Waals surface area contributed by atoms with Crippen molar-refractivity contribution in [2.24, 2.45) is 5.92 Å². The Morgan fingerprint density at radius 2 is 1.89 bits per heavy atom. The summed E-state index contributed by atoms with van der Waals surface area (Å²) in [6.07, 6.45) is 0.864. The summed E-state index contributed by atoms with van der Waals surface area (Å²) in [6.45, 7) is 0. The van der Waals surface area contributed by atoms with Crippen molar-refractivity contribution in [1.82, 2.24) is 19.8 Å². The van der Waals surface area contributed by atoms with Crippen LogP contribution in [0.15, 0.2) is 60.9 Å². The molecule has 0 radical (unpaired) electrons. The lowest BCUT2D eigenvalue weighted by Gasteiger charge is -2.50. The van der Waals surface area contributed by atoms with Gasteiger partial charge in [0.2, 0.25) is 0 Å². The van der Waals surface area contributed by atoms with Crippen molar-refractivity contribution < 1.29 is 22.7 Å². The molecule has 192 valence electrons. The largest absolute Gasteiger partial charge is 0.417 e. The molecule has 0 amide bonds. The van der Waals surface area contributed by atoms with Gasteiger partial charge < -0.3 is 5.11 Å². The minimum absolute atomic E-state index is 0.183. The highest BCUT2D eigenvalue weighted by molar-refractivity contribution is 5.77. The number of fused-ring (bicyclic) bond motifs is 4. The molecule has 5 nitrogen and oxygen atoms in total. The normalized spacial score (nSPS) is 25.9. The lowest BCUT2D eigenvalue weighted by atomic mass is 9.56. The summed E-state index contributed by atoms with van der Waals surface area (Å²) in [5, 5.41) is 19.4. The Kier molecular flexibility index (Phi) is 5.60. The quantitative estimate of drug-likeness (QED) is 0.352. The van der Waals surface area contributed by atoms with Crippen LogP contribution >= 0.6 is 0 Å². The molecule has 3 heterocycles. The Bertz CT molecular complexity index is 1440. The van der Waals surface area contributed by atoms with Crippen LogP contribution in [0.2, 0.25) is 0 Å². The molecule has 3 atom stereocenters. The van der Waals surface area contributed by atoms with Gasteiger partial charge in [-0.3, -0.25) is 4.98 Å². The second-order valence-electron chi connectivity index (χ2n) is 10.5. The van der Waals surface area contributed by atoms with Crippen molar-refractivity contribution in [2.45, 2.75) is 62.1 Å². The molecular formula is C28H26F4N4O. The molecule has 0 saturated heterocycles. The molecule has 6 rings (SSSR count).